The summed E-state index contributed by atoms with van der Waals surface area (Å²) < 4.78 is 16.8. The topological polar surface area (TPSA) is 78.9 Å². The number of hydrogen-bond acceptors (Lipinski definition) is 6. The maximum absolute atomic E-state index is 12.8. The Morgan fingerprint density at radius 3 is 0.831 bits per heavy atom. The van der Waals surface area contributed by atoms with Gasteiger partial charge in [-0.15, -0.1) is 0 Å². The van der Waals surface area contributed by atoms with Gasteiger partial charge in [0, 0.05) is 19.3 Å². The molecule has 0 heterocycles. The standard InChI is InChI=1S/C53H102O6/c1-5-7-9-11-13-14-15-16-17-18-19-20-21-22-27-30-34-38-42-46-53(56)59-50(47-57-51(54)44-40-36-31-12-10-8-6-2)48-58-52(55)45-41-37-33-29-26-24-23-25-28-32-35-39-43-49(3)4/h49-50H,5-48H2,1-4H3/t50-/m0/s1. The molecule has 0 bridgehead atoms. The van der Waals surface area contributed by atoms with Gasteiger partial charge in [0.05, 0.1) is 0 Å². The first kappa shape index (κ1) is 57.4. The molecule has 0 aromatic rings. The summed E-state index contributed by atoms with van der Waals surface area (Å²) in [6, 6.07) is 0. The van der Waals surface area contributed by atoms with Crippen LogP contribution in [0.25, 0.3) is 0 Å². The molecule has 0 aliphatic rings. The summed E-state index contributed by atoms with van der Waals surface area (Å²) in [5.74, 6) is -0.0168. The molecule has 0 aliphatic heterocycles. The number of carbonyl (C=O) groups is 3. The minimum absolute atomic E-state index is 0.0633. The number of rotatable bonds is 48. The Bertz CT molecular complexity index is 887. The van der Waals surface area contributed by atoms with E-state index in [-0.39, 0.29) is 31.1 Å². The van der Waals surface area contributed by atoms with E-state index in [2.05, 4.69) is 27.7 Å². The van der Waals surface area contributed by atoms with Gasteiger partial charge in [-0.3, -0.25) is 14.4 Å². The van der Waals surface area contributed by atoms with E-state index >= 15 is 0 Å². The molecule has 59 heavy (non-hydrogen) atoms. The van der Waals surface area contributed by atoms with E-state index in [9.17, 15) is 14.4 Å². The van der Waals surface area contributed by atoms with Crippen LogP contribution in [0.5, 0.6) is 0 Å². The zero-order valence-electron chi connectivity index (χ0n) is 40.2. The molecule has 0 aliphatic carbocycles. The van der Waals surface area contributed by atoms with Crippen LogP contribution in [0.1, 0.15) is 297 Å². The molecule has 0 spiro atoms. The molecule has 6 nitrogen and oxygen atoms in total. The molecule has 0 saturated carbocycles. The average molecular weight is 835 g/mol. The third-order valence-corrected chi connectivity index (χ3v) is 12.0. The molecule has 0 radical (unpaired) electrons. The van der Waals surface area contributed by atoms with Crippen LogP contribution in [-0.2, 0) is 28.6 Å². The van der Waals surface area contributed by atoms with Crippen LogP contribution < -0.4 is 0 Å². The van der Waals surface area contributed by atoms with Gasteiger partial charge in [0.25, 0.3) is 0 Å². The van der Waals surface area contributed by atoms with E-state index in [1.165, 1.54) is 193 Å². The molecule has 0 aromatic heterocycles. The highest BCUT2D eigenvalue weighted by Crippen LogP contribution is 2.17. The van der Waals surface area contributed by atoms with Crippen LogP contribution in [0.3, 0.4) is 0 Å². The number of unbranched alkanes of at least 4 members (excludes halogenated alkanes) is 35. The van der Waals surface area contributed by atoms with Crippen LogP contribution in [0.2, 0.25) is 0 Å². The average Bonchev–Trinajstić information content (AvgIpc) is 3.22. The van der Waals surface area contributed by atoms with Crippen molar-refractivity contribution in [1.29, 1.82) is 0 Å². The van der Waals surface area contributed by atoms with Crippen molar-refractivity contribution in [2.75, 3.05) is 13.2 Å². The normalized spacial score (nSPS) is 11.9. The number of esters is 3. The quantitative estimate of drug-likeness (QED) is 0.0345. The Hall–Kier alpha value is -1.59. The molecule has 1 atom stereocenters. The van der Waals surface area contributed by atoms with Crippen molar-refractivity contribution in [1.82, 2.24) is 0 Å². The van der Waals surface area contributed by atoms with E-state index in [0.717, 1.165) is 63.7 Å². The first-order valence-corrected chi connectivity index (χ1v) is 26.4. The van der Waals surface area contributed by atoms with Crippen LogP contribution in [0.15, 0.2) is 0 Å². The molecule has 6 heteroatoms. The monoisotopic (exact) mass is 835 g/mol. The molecular formula is C53H102O6. The van der Waals surface area contributed by atoms with E-state index in [4.69, 9.17) is 14.2 Å². The Balaban J connectivity index is 4.17. The Morgan fingerprint density at radius 2 is 0.559 bits per heavy atom. The molecular weight excluding hydrogens is 733 g/mol. The fourth-order valence-electron chi connectivity index (χ4n) is 8.04. The minimum atomic E-state index is -0.759. The number of hydrogen-bond donors (Lipinski definition) is 0. The van der Waals surface area contributed by atoms with E-state index in [1.807, 2.05) is 0 Å². The summed E-state index contributed by atoms with van der Waals surface area (Å²) in [4.78, 5) is 37.8. The molecule has 0 N–H and O–H groups in total. The first-order valence-electron chi connectivity index (χ1n) is 26.4. The molecule has 0 unspecified atom stereocenters. The van der Waals surface area contributed by atoms with Gasteiger partial charge in [0.1, 0.15) is 13.2 Å². The van der Waals surface area contributed by atoms with Gasteiger partial charge in [0.2, 0.25) is 0 Å². The fraction of sp³-hybridized carbons (Fsp3) is 0.943. The van der Waals surface area contributed by atoms with Crippen molar-refractivity contribution in [2.24, 2.45) is 5.92 Å². The zero-order valence-corrected chi connectivity index (χ0v) is 40.2. The van der Waals surface area contributed by atoms with Crippen LogP contribution in [-0.4, -0.2) is 37.2 Å². The maximum Gasteiger partial charge on any atom is 0.306 e. The summed E-state index contributed by atoms with van der Waals surface area (Å²) in [6.45, 7) is 8.99. The third kappa shape index (κ3) is 47.3. The van der Waals surface area contributed by atoms with E-state index in [0.29, 0.717) is 19.3 Å². The maximum atomic E-state index is 12.8. The smallest absolute Gasteiger partial charge is 0.306 e. The van der Waals surface area contributed by atoms with Crippen molar-refractivity contribution in [2.45, 2.75) is 303 Å². The lowest BCUT2D eigenvalue weighted by molar-refractivity contribution is -0.167. The van der Waals surface area contributed by atoms with Gasteiger partial charge in [-0.1, -0.05) is 259 Å². The lowest BCUT2D eigenvalue weighted by Crippen LogP contribution is -2.30. The van der Waals surface area contributed by atoms with E-state index < -0.39 is 6.10 Å². The Kier molecular flexibility index (Phi) is 46.2. The third-order valence-electron chi connectivity index (χ3n) is 12.0. The fourth-order valence-corrected chi connectivity index (χ4v) is 8.04. The second-order valence-electron chi connectivity index (χ2n) is 18.6. The highest BCUT2D eigenvalue weighted by Gasteiger charge is 2.19. The van der Waals surface area contributed by atoms with Crippen LogP contribution >= 0.6 is 0 Å². The summed E-state index contributed by atoms with van der Waals surface area (Å²) in [7, 11) is 0. The second-order valence-corrected chi connectivity index (χ2v) is 18.6. The predicted molar refractivity (Wildman–Crippen MR) is 252 cm³/mol. The largest absolute Gasteiger partial charge is 0.462 e. The van der Waals surface area contributed by atoms with Gasteiger partial charge >= 0.3 is 17.9 Å². The second kappa shape index (κ2) is 47.5. The van der Waals surface area contributed by atoms with Crippen molar-refractivity contribution >= 4 is 17.9 Å². The Morgan fingerprint density at radius 1 is 0.322 bits per heavy atom. The number of carbonyl (C=O) groups excluding carboxylic acids is 3. The van der Waals surface area contributed by atoms with Gasteiger partial charge in [0.15, 0.2) is 6.10 Å². The predicted octanol–water partition coefficient (Wildman–Crippen LogP) is 17.1. The highest BCUT2D eigenvalue weighted by atomic mass is 16.6. The van der Waals surface area contributed by atoms with Crippen LogP contribution in [0, 0.1) is 5.92 Å². The van der Waals surface area contributed by atoms with Crippen molar-refractivity contribution in [3.8, 4) is 0 Å². The number of ether oxygens (including phenoxy) is 3. The molecule has 350 valence electrons. The van der Waals surface area contributed by atoms with E-state index in [1.54, 1.807) is 0 Å². The summed E-state index contributed by atoms with van der Waals surface area (Å²) in [5.41, 5.74) is 0. The molecule has 0 amide bonds. The molecule has 0 saturated heterocycles. The summed E-state index contributed by atoms with van der Waals surface area (Å²) in [6.07, 6.45) is 49.6. The first-order chi connectivity index (χ1) is 28.9. The lowest BCUT2D eigenvalue weighted by Gasteiger charge is -2.18. The Labute approximate surface area is 368 Å². The molecule has 0 aromatic carbocycles. The van der Waals surface area contributed by atoms with Gasteiger partial charge in [-0.05, 0) is 25.2 Å². The van der Waals surface area contributed by atoms with Gasteiger partial charge < -0.3 is 14.2 Å². The van der Waals surface area contributed by atoms with Crippen LogP contribution in [0.4, 0.5) is 0 Å². The molecule has 0 rings (SSSR count). The SMILES string of the molecule is CCCCCCCCCCCCCCCCCCCCCC(=O)O[C@@H](COC(=O)CCCCCCCCC)COC(=O)CCCCCCCCCCCCCCC(C)C. The van der Waals surface area contributed by atoms with Crippen molar-refractivity contribution in [3.05, 3.63) is 0 Å². The highest BCUT2D eigenvalue weighted by molar-refractivity contribution is 5.71. The summed E-state index contributed by atoms with van der Waals surface area (Å²) in [5, 5.41) is 0. The lowest BCUT2D eigenvalue weighted by atomic mass is 10.0. The van der Waals surface area contributed by atoms with Crippen molar-refractivity contribution < 1.29 is 28.6 Å². The van der Waals surface area contributed by atoms with Gasteiger partial charge in [-0.2, -0.15) is 0 Å². The van der Waals surface area contributed by atoms with Gasteiger partial charge in [-0.25, -0.2) is 0 Å². The van der Waals surface area contributed by atoms with Crippen molar-refractivity contribution in [3.63, 3.8) is 0 Å². The summed E-state index contributed by atoms with van der Waals surface area (Å²) >= 11 is 0. The zero-order chi connectivity index (χ0) is 43.1. The molecule has 0 fully saturated rings. The minimum Gasteiger partial charge on any atom is -0.462 e.